The molecule has 0 saturated heterocycles. The molecule has 0 spiro atoms. The van der Waals surface area contributed by atoms with Crippen LogP contribution in [0.1, 0.15) is 12.8 Å². The number of hydrogen-bond acceptors (Lipinski definition) is 6. The molecule has 0 amide bonds. The lowest BCUT2D eigenvalue weighted by molar-refractivity contribution is -0.170. The average molecular weight is 254 g/mol. The molecule has 0 aliphatic carbocycles. The molecule has 2 N–H and O–H groups in total. The van der Waals surface area contributed by atoms with Crippen molar-refractivity contribution in [1.29, 1.82) is 0 Å². The molecule has 0 aromatic heterocycles. The van der Waals surface area contributed by atoms with Gasteiger partial charge in [-0.15, -0.1) is 0 Å². The summed E-state index contributed by atoms with van der Waals surface area (Å²) in [6, 6.07) is 0. The minimum Gasteiger partial charge on any atom is -0.481 e. The zero-order valence-corrected chi connectivity index (χ0v) is 9.84. The van der Waals surface area contributed by atoms with Crippen molar-refractivity contribution in [3.63, 3.8) is 0 Å². The van der Waals surface area contributed by atoms with Crippen LogP contribution in [0.15, 0.2) is 0 Å². The molecule has 0 radical (unpaired) electrons. The lowest BCUT2D eigenvalue weighted by Gasteiger charge is -2.23. The molecule has 0 fully saturated rings. The van der Waals surface area contributed by atoms with Gasteiger partial charge in [-0.1, -0.05) is 0 Å². The summed E-state index contributed by atoms with van der Waals surface area (Å²) in [5, 5.41) is 18.3. The van der Waals surface area contributed by atoms with Crippen LogP contribution in [0.25, 0.3) is 0 Å². The smallest absolute Gasteiger partial charge is 0.338 e. The Morgan fingerprint density at radius 2 is 1.87 bits per heavy atom. The normalized spacial score (nSPS) is 14.3. The summed E-state index contributed by atoms with van der Waals surface area (Å²) in [7, 11) is 0. The average Bonchev–Trinajstić information content (AvgIpc) is 2.13. The maximum Gasteiger partial charge on any atom is 0.338 e. The molecule has 0 rings (SSSR count). The van der Waals surface area contributed by atoms with Gasteiger partial charge >= 0.3 is 11.9 Å². The van der Waals surface area contributed by atoms with Gasteiger partial charge in [0.25, 0.3) is 0 Å². The molecule has 0 bridgehead atoms. The van der Waals surface area contributed by atoms with Gasteiger partial charge in [0, 0.05) is 5.75 Å². The highest BCUT2D eigenvalue weighted by Crippen LogP contribution is 2.18. The van der Waals surface area contributed by atoms with Gasteiger partial charge in [0.2, 0.25) is 0 Å². The van der Waals surface area contributed by atoms with E-state index in [1.165, 1.54) is 0 Å². The number of carbonyl (C=O) groups is 2. The molecule has 15 heavy (non-hydrogen) atoms. The van der Waals surface area contributed by atoms with E-state index in [1.807, 2.05) is 0 Å². The summed E-state index contributed by atoms with van der Waals surface area (Å²) < 4.78 is 4.65. The van der Waals surface area contributed by atoms with E-state index in [4.69, 9.17) is 5.11 Å². The SMILES string of the molecule is O=C(O)CC(O)(CCS)C(=O)OCCS. The fourth-order valence-electron chi connectivity index (χ4n) is 0.970. The first kappa shape index (κ1) is 14.6. The van der Waals surface area contributed by atoms with Crippen molar-refractivity contribution in [3.05, 3.63) is 0 Å². The molecule has 0 aliphatic rings. The van der Waals surface area contributed by atoms with Crippen molar-refractivity contribution >= 4 is 37.2 Å². The van der Waals surface area contributed by atoms with E-state index < -0.39 is 24.0 Å². The van der Waals surface area contributed by atoms with Crippen molar-refractivity contribution < 1.29 is 24.5 Å². The molecule has 1 atom stereocenters. The maximum atomic E-state index is 11.3. The highest BCUT2D eigenvalue weighted by Gasteiger charge is 2.39. The van der Waals surface area contributed by atoms with Gasteiger partial charge in [-0.05, 0) is 12.2 Å². The maximum absolute atomic E-state index is 11.3. The Balaban J connectivity index is 4.46. The summed E-state index contributed by atoms with van der Waals surface area (Å²) in [5.41, 5.74) is -1.99. The Labute approximate surface area is 98.6 Å². The third-order valence-corrected chi connectivity index (χ3v) is 2.08. The van der Waals surface area contributed by atoms with Crippen LogP contribution in [-0.4, -0.2) is 45.9 Å². The Morgan fingerprint density at radius 3 is 2.27 bits per heavy atom. The van der Waals surface area contributed by atoms with Gasteiger partial charge in [-0.2, -0.15) is 25.3 Å². The number of rotatable bonds is 7. The molecule has 0 aromatic carbocycles. The van der Waals surface area contributed by atoms with Gasteiger partial charge in [-0.3, -0.25) is 4.79 Å². The molecule has 7 heteroatoms. The summed E-state index contributed by atoms with van der Waals surface area (Å²) in [6.07, 6.45) is -0.743. The first-order chi connectivity index (χ1) is 6.96. The zero-order chi connectivity index (χ0) is 11.9. The van der Waals surface area contributed by atoms with Crippen LogP contribution in [0.3, 0.4) is 0 Å². The predicted octanol–water partition coefficient (Wildman–Crippen LogP) is -0.0149. The summed E-state index contributed by atoms with van der Waals surface area (Å²) in [5.74, 6) is -1.69. The third kappa shape index (κ3) is 5.29. The molecule has 0 heterocycles. The fourth-order valence-corrected chi connectivity index (χ4v) is 1.43. The predicted molar refractivity (Wildman–Crippen MR) is 60.5 cm³/mol. The quantitative estimate of drug-likeness (QED) is 0.379. The van der Waals surface area contributed by atoms with E-state index in [0.717, 1.165) is 0 Å². The molecule has 1 unspecified atom stereocenters. The van der Waals surface area contributed by atoms with E-state index >= 15 is 0 Å². The van der Waals surface area contributed by atoms with Crippen molar-refractivity contribution in [3.8, 4) is 0 Å². The number of aliphatic hydroxyl groups is 1. The van der Waals surface area contributed by atoms with E-state index in [-0.39, 0.29) is 18.8 Å². The fraction of sp³-hybridized carbons (Fsp3) is 0.750. The number of ether oxygens (including phenoxy) is 1. The highest BCUT2D eigenvalue weighted by atomic mass is 32.1. The molecule has 0 aromatic rings. The van der Waals surface area contributed by atoms with Gasteiger partial charge in [0.15, 0.2) is 5.60 Å². The zero-order valence-electron chi connectivity index (χ0n) is 8.05. The van der Waals surface area contributed by atoms with E-state index in [0.29, 0.717) is 5.75 Å². The number of carboxylic acid groups (broad SMARTS) is 1. The Hall–Kier alpha value is -0.400. The topological polar surface area (TPSA) is 83.8 Å². The van der Waals surface area contributed by atoms with E-state index in [9.17, 15) is 14.7 Å². The summed E-state index contributed by atoms with van der Waals surface area (Å²) >= 11 is 7.67. The van der Waals surface area contributed by atoms with Crippen molar-refractivity contribution in [2.24, 2.45) is 0 Å². The van der Waals surface area contributed by atoms with Gasteiger partial charge in [0.05, 0.1) is 6.42 Å². The summed E-state index contributed by atoms with van der Waals surface area (Å²) in [4.78, 5) is 21.8. The largest absolute Gasteiger partial charge is 0.481 e. The van der Waals surface area contributed by atoms with Gasteiger partial charge in [-0.25, -0.2) is 4.79 Å². The minimum atomic E-state index is -1.99. The second-order valence-corrected chi connectivity index (χ2v) is 3.83. The van der Waals surface area contributed by atoms with Crippen LogP contribution in [0, 0.1) is 0 Å². The number of thiol groups is 2. The lowest BCUT2D eigenvalue weighted by Crippen LogP contribution is -2.43. The van der Waals surface area contributed by atoms with Crippen LogP contribution in [0.4, 0.5) is 0 Å². The van der Waals surface area contributed by atoms with Crippen LogP contribution < -0.4 is 0 Å². The van der Waals surface area contributed by atoms with Gasteiger partial charge in [0.1, 0.15) is 6.61 Å². The third-order valence-electron chi connectivity index (χ3n) is 1.67. The Kier molecular flexibility index (Phi) is 6.78. The minimum absolute atomic E-state index is 0.0381. The van der Waals surface area contributed by atoms with Crippen molar-refractivity contribution in [2.75, 3.05) is 18.1 Å². The van der Waals surface area contributed by atoms with Crippen LogP contribution >= 0.6 is 25.3 Å². The molecule has 0 aliphatic heterocycles. The van der Waals surface area contributed by atoms with E-state index in [1.54, 1.807) is 0 Å². The lowest BCUT2D eigenvalue weighted by atomic mass is 9.97. The highest BCUT2D eigenvalue weighted by molar-refractivity contribution is 7.80. The number of aliphatic carboxylic acids is 1. The monoisotopic (exact) mass is 254 g/mol. The number of hydrogen-bond donors (Lipinski definition) is 4. The Morgan fingerprint density at radius 1 is 1.27 bits per heavy atom. The van der Waals surface area contributed by atoms with Crippen molar-refractivity contribution in [2.45, 2.75) is 18.4 Å². The second-order valence-electron chi connectivity index (χ2n) is 2.94. The first-order valence-corrected chi connectivity index (χ1v) is 5.56. The molecule has 88 valence electrons. The number of carbonyl (C=O) groups excluding carboxylic acids is 1. The van der Waals surface area contributed by atoms with Crippen LogP contribution in [-0.2, 0) is 14.3 Å². The molecule has 0 saturated carbocycles. The standard InChI is InChI=1S/C8H14O5S2/c9-6(10)5-8(12,1-3-14)7(11)13-2-4-15/h12,14-15H,1-5H2,(H,9,10). The second kappa shape index (κ2) is 6.97. The summed E-state index contributed by atoms with van der Waals surface area (Å²) in [6.45, 7) is 0.0381. The Bertz CT molecular complexity index is 233. The molecular formula is C8H14O5S2. The number of carboxylic acids is 1. The van der Waals surface area contributed by atoms with Crippen LogP contribution in [0.5, 0.6) is 0 Å². The van der Waals surface area contributed by atoms with Gasteiger partial charge < -0.3 is 14.9 Å². The molecule has 5 nitrogen and oxygen atoms in total. The first-order valence-electron chi connectivity index (χ1n) is 4.29. The number of esters is 1. The van der Waals surface area contributed by atoms with E-state index in [2.05, 4.69) is 30.0 Å². The van der Waals surface area contributed by atoms with Crippen molar-refractivity contribution in [1.82, 2.24) is 0 Å². The van der Waals surface area contributed by atoms with Crippen LogP contribution in [0.2, 0.25) is 0 Å². The molecular weight excluding hydrogens is 240 g/mol.